The van der Waals surface area contributed by atoms with Gasteiger partial charge in [0.15, 0.2) is 0 Å². The van der Waals surface area contributed by atoms with E-state index in [1.807, 2.05) is 26.0 Å². The minimum Gasteiger partial charge on any atom is -0.371 e. The van der Waals surface area contributed by atoms with Gasteiger partial charge in [0.2, 0.25) is 10.0 Å². The summed E-state index contributed by atoms with van der Waals surface area (Å²) in [5.74, 6) is 0.277. The van der Waals surface area contributed by atoms with Crippen LogP contribution in [0.2, 0.25) is 0 Å². The average molecular weight is 404 g/mol. The molecule has 0 unspecified atom stereocenters. The number of nitrogens with one attached hydrogen (secondary N) is 1. The zero-order valence-electron chi connectivity index (χ0n) is 15.9. The first kappa shape index (κ1) is 20.2. The zero-order valence-corrected chi connectivity index (χ0v) is 16.7. The maximum absolute atomic E-state index is 12.9. The van der Waals surface area contributed by atoms with Crippen molar-refractivity contribution in [3.63, 3.8) is 0 Å². The first-order valence-corrected chi connectivity index (χ1v) is 10.7. The molecule has 1 aromatic heterocycles. The predicted molar refractivity (Wildman–Crippen MR) is 107 cm³/mol. The number of hydrogen-bond acceptors (Lipinski definition) is 6. The largest absolute Gasteiger partial charge is 0.371 e. The molecule has 9 heteroatoms. The fraction of sp³-hybridized carbons (Fsp3) is 0.421. The average Bonchev–Trinajstić information content (AvgIpc) is 2.68. The molecular weight excluding hydrogens is 380 g/mol. The van der Waals surface area contributed by atoms with Crippen LogP contribution < -0.4 is 5.32 Å². The van der Waals surface area contributed by atoms with Crippen LogP contribution in [0.1, 0.15) is 38.4 Å². The van der Waals surface area contributed by atoms with Crippen molar-refractivity contribution >= 4 is 21.4 Å². The summed E-state index contributed by atoms with van der Waals surface area (Å²) in [5, 5.41) is 14.6. The summed E-state index contributed by atoms with van der Waals surface area (Å²) in [6.45, 7) is 4.73. The van der Waals surface area contributed by atoms with E-state index in [1.54, 1.807) is 12.3 Å². The lowest BCUT2D eigenvalue weighted by Gasteiger charge is -2.30. The molecule has 0 saturated carbocycles. The van der Waals surface area contributed by atoms with Crippen molar-refractivity contribution in [3.05, 3.63) is 58.4 Å². The van der Waals surface area contributed by atoms with Crippen LogP contribution in [0.25, 0.3) is 0 Å². The summed E-state index contributed by atoms with van der Waals surface area (Å²) in [4.78, 5) is 15.2. The smallest absolute Gasteiger partial charge is 0.293 e. The Labute approximate surface area is 164 Å². The Bertz CT molecular complexity index is 950. The minimum absolute atomic E-state index is 0.0515. The van der Waals surface area contributed by atoms with Gasteiger partial charge in [-0.1, -0.05) is 13.0 Å². The number of anilines is 1. The molecule has 0 aliphatic carbocycles. The first-order valence-electron chi connectivity index (χ1n) is 9.25. The van der Waals surface area contributed by atoms with Gasteiger partial charge in [0.25, 0.3) is 5.69 Å². The van der Waals surface area contributed by atoms with Gasteiger partial charge in [-0.25, -0.2) is 8.42 Å². The van der Waals surface area contributed by atoms with Crippen LogP contribution in [-0.2, 0) is 10.0 Å². The van der Waals surface area contributed by atoms with E-state index in [2.05, 4.69) is 10.3 Å². The third-order valence-electron chi connectivity index (χ3n) is 4.93. The summed E-state index contributed by atoms with van der Waals surface area (Å²) < 4.78 is 27.3. The molecule has 0 bridgehead atoms. The Hall–Kier alpha value is -2.52. The van der Waals surface area contributed by atoms with Gasteiger partial charge in [0.05, 0.1) is 21.6 Å². The highest BCUT2D eigenvalue weighted by atomic mass is 32.2. The van der Waals surface area contributed by atoms with Gasteiger partial charge < -0.3 is 5.32 Å². The maximum atomic E-state index is 12.9. The number of benzene rings is 1. The molecular formula is C19H24N4O4S. The highest BCUT2D eigenvalue weighted by Gasteiger charge is 2.30. The molecule has 1 aromatic carbocycles. The number of aromatic nitrogens is 1. The number of nitro groups is 1. The van der Waals surface area contributed by atoms with Crippen molar-refractivity contribution in [2.75, 3.05) is 18.4 Å². The minimum atomic E-state index is -3.76. The van der Waals surface area contributed by atoms with Gasteiger partial charge in [0.1, 0.15) is 5.69 Å². The standard InChI is InChI=1S/C19H24N4O4S/c1-14-6-5-11-22(13-14)28(26,27)16-8-9-18(19(12-16)23(24)25)21-15(2)17-7-3-4-10-20-17/h3-4,7-10,12,14-15,21H,5-6,11,13H2,1-2H3/t14-,15-/m0/s1. The topological polar surface area (TPSA) is 105 Å². The van der Waals surface area contributed by atoms with Crippen molar-refractivity contribution in [1.29, 1.82) is 0 Å². The van der Waals surface area contributed by atoms with E-state index in [9.17, 15) is 18.5 Å². The lowest BCUT2D eigenvalue weighted by molar-refractivity contribution is -0.384. The number of hydrogen-bond donors (Lipinski definition) is 1. The van der Waals surface area contributed by atoms with Gasteiger partial charge in [0, 0.05) is 25.4 Å². The molecule has 0 amide bonds. The summed E-state index contributed by atoms with van der Waals surface area (Å²) in [7, 11) is -3.76. The number of pyridine rings is 1. The summed E-state index contributed by atoms with van der Waals surface area (Å²) in [5.41, 5.74) is 0.721. The number of piperidine rings is 1. The van der Waals surface area contributed by atoms with Crippen molar-refractivity contribution in [2.45, 2.75) is 37.6 Å². The van der Waals surface area contributed by atoms with Crippen LogP contribution in [0.4, 0.5) is 11.4 Å². The Morgan fingerprint density at radius 2 is 2.11 bits per heavy atom. The second-order valence-electron chi connectivity index (χ2n) is 7.17. The highest BCUT2D eigenvalue weighted by molar-refractivity contribution is 7.89. The van der Waals surface area contributed by atoms with E-state index in [0.717, 1.165) is 24.6 Å². The third-order valence-corrected chi connectivity index (χ3v) is 6.79. The van der Waals surface area contributed by atoms with E-state index >= 15 is 0 Å². The number of rotatable bonds is 6. The van der Waals surface area contributed by atoms with E-state index < -0.39 is 14.9 Å². The monoisotopic (exact) mass is 404 g/mol. The summed E-state index contributed by atoms with van der Waals surface area (Å²) in [6, 6.07) is 9.20. The summed E-state index contributed by atoms with van der Waals surface area (Å²) >= 11 is 0. The maximum Gasteiger partial charge on any atom is 0.293 e. The second-order valence-corrected chi connectivity index (χ2v) is 9.11. The predicted octanol–water partition coefficient (Wildman–Crippen LogP) is 3.58. The SMILES string of the molecule is C[C@H]1CCCN(S(=O)(=O)c2ccc(N[C@@H](C)c3ccccn3)c([N+](=O)[O-])c2)C1. The quantitative estimate of drug-likeness (QED) is 0.583. The highest BCUT2D eigenvalue weighted by Crippen LogP contribution is 2.32. The normalized spacial score (nSPS) is 19.1. The lowest BCUT2D eigenvalue weighted by atomic mass is 10.0. The Kier molecular flexibility index (Phi) is 5.95. The van der Waals surface area contributed by atoms with E-state index in [-0.39, 0.29) is 28.2 Å². The fourth-order valence-electron chi connectivity index (χ4n) is 3.40. The summed E-state index contributed by atoms with van der Waals surface area (Å²) in [6.07, 6.45) is 3.43. The van der Waals surface area contributed by atoms with Gasteiger partial charge in [-0.15, -0.1) is 0 Å². The van der Waals surface area contributed by atoms with Crippen LogP contribution in [-0.4, -0.2) is 35.7 Å². The van der Waals surface area contributed by atoms with Crippen LogP contribution in [0.5, 0.6) is 0 Å². The van der Waals surface area contributed by atoms with Crippen LogP contribution in [0, 0.1) is 16.0 Å². The fourth-order valence-corrected chi connectivity index (χ4v) is 5.02. The van der Waals surface area contributed by atoms with Gasteiger partial charge >= 0.3 is 0 Å². The molecule has 0 spiro atoms. The van der Waals surface area contributed by atoms with Crippen molar-refractivity contribution in [2.24, 2.45) is 5.92 Å². The molecule has 2 atom stereocenters. The first-order chi connectivity index (χ1) is 13.3. The molecule has 1 saturated heterocycles. The van der Waals surface area contributed by atoms with Gasteiger partial charge in [-0.05, 0) is 49.9 Å². The van der Waals surface area contributed by atoms with Crippen molar-refractivity contribution < 1.29 is 13.3 Å². The van der Waals surface area contributed by atoms with Gasteiger partial charge in [-0.2, -0.15) is 4.31 Å². The molecule has 1 fully saturated rings. The zero-order chi connectivity index (χ0) is 20.3. The number of nitro benzene ring substituents is 1. The Morgan fingerprint density at radius 1 is 1.32 bits per heavy atom. The van der Waals surface area contributed by atoms with Crippen molar-refractivity contribution in [1.82, 2.24) is 9.29 Å². The molecule has 8 nitrogen and oxygen atoms in total. The molecule has 150 valence electrons. The Morgan fingerprint density at radius 3 is 2.75 bits per heavy atom. The van der Waals surface area contributed by atoms with Crippen LogP contribution in [0.3, 0.4) is 0 Å². The van der Waals surface area contributed by atoms with E-state index in [1.165, 1.54) is 16.4 Å². The molecule has 2 aromatic rings. The number of nitrogens with zero attached hydrogens (tertiary/aromatic N) is 3. The number of sulfonamides is 1. The van der Waals surface area contributed by atoms with E-state index in [4.69, 9.17) is 0 Å². The van der Waals surface area contributed by atoms with E-state index in [0.29, 0.717) is 13.1 Å². The molecule has 1 aliphatic rings. The van der Waals surface area contributed by atoms with Crippen molar-refractivity contribution in [3.8, 4) is 0 Å². The van der Waals surface area contributed by atoms with Crippen LogP contribution >= 0.6 is 0 Å². The molecule has 2 heterocycles. The second kappa shape index (κ2) is 8.24. The lowest BCUT2D eigenvalue weighted by Crippen LogP contribution is -2.39. The van der Waals surface area contributed by atoms with Crippen LogP contribution in [0.15, 0.2) is 47.5 Å². The molecule has 0 radical (unpaired) electrons. The molecule has 1 N–H and O–H groups in total. The molecule has 28 heavy (non-hydrogen) atoms. The van der Waals surface area contributed by atoms with Gasteiger partial charge in [-0.3, -0.25) is 15.1 Å². The third kappa shape index (κ3) is 4.31. The molecule has 3 rings (SSSR count). The molecule has 1 aliphatic heterocycles. The Balaban J connectivity index is 1.90.